The largest absolute Gasteiger partial charge is 0.573 e. The zero-order chi connectivity index (χ0) is 19.0. The van der Waals surface area contributed by atoms with E-state index in [1.807, 2.05) is 0 Å². The third-order valence-corrected chi connectivity index (χ3v) is 3.94. The van der Waals surface area contributed by atoms with Crippen LogP contribution in [0.4, 0.5) is 13.2 Å². The first-order valence-corrected chi connectivity index (χ1v) is 8.49. The van der Waals surface area contributed by atoms with Crippen LogP contribution in [0.1, 0.15) is 18.4 Å². The number of halogens is 3. The summed E-state index contributed by atoms with van der Waals surface area (Å²) < 4.78 is 45.3. The molecule has 0 aromatic heterocycles. The van der Waals surface area contributed by atoms with Crippen LogP contribution in [0.3, 0.4) is 0 Å². The minimum Gasteiger partial charge on any atom is -0.406 e. The van der Waals surface area contributed by atoms with Gasteiger partial charge in [-0.1, -0.05) is 12.1 Å². The number of hydrogen-bond donors (Lipinski definition) is 2. The van der Waals surface area contributed by atoms with Gasteiger partial charge in [0.15, 0.2) is 5.96 Å². The minimum absolute atomic E-state index is 0.257. The lowest BCUT2D eigenvalue weighted by atomic mass is 10.2. The summed E-state index contributed by atoms with van der Waals surface area (Å²) in [4.78, 5) is 6.56. The Morgan fingerprint density at radius 2 is 1.96 bits per heavy atom. The van der Waals surface area contributed by atoms with Crippen LogP contribution in [-0.4, -0.2) is 56.6 Å². The van der Waals surface area contributed by atoms with Crippen LogP contribution in [0.15, 0.2) is 29.3 Å². The van der Waals surface area contributed by atoms with E-state index in [0.29, 0.717) is 25.2 Å². The van der Waals surface area contributed by atoms with Crippen LogP contribution in [0.2, 0.25) is 0 Å². The lowest BCUT2D eigenvalue weighted by Crippen LogP contribution is -2.40. The molecule has 0 radical (unpaired) electrons. The SMILES string of the molecule is COCCN(CCNC(N)=NCc1ccc(OC(F)(F)F)cc1)C1CC1. The Hall–Kier alpha value is -2.00. The first-order chi connectivity index (χ1) is 12.4. The van der Waals surface area contributed by atoms with Crippen molar-refractivity contribution < 1.29 is 22.6 Å². The standard InChI is InChI=1S/C17H25F3N4O2/c1-25-11-10-24(14-4-5-14)9-8-22-16(21)23-12-13-2-6-15(7-3-13)26-17(18,19)20/h2-3,6-7,14H,4-5,8-12H2,1H3,(H3,21,22,23). The Kier molecular flexibility index (Phi) is 7.52. The molecule has 0 heterocycles. The predicted octanol–water partition coefficient (Wildman–Crippen LogP) is 2.10. The van der Waals surface area contributed by atoms with Gasteiger partial charge in [0.1, 0.15) is 5.75 Å². The quantitative estimate of drug-likeness (QED) is 0.485. The van der Waals surface area contributed by atoms with Crippen molar-refractivity contribution in [3.8, 4) is 5.75 Å². The van der Waals surface area contributed by atoms with Gasteiger partial charge in [0.05, 0.1) is 13.2 Å². The van der Waals surface area contributed by atoms with E-state index in [2.05, 4.69) is 19.9 Å². The zero-order valence-corrected chi connectivity index (χ0v) is 14.8. The van der Waals surface area contributed by atoms with Gasteiger partial charge in [-0.2, -0.15) is 0 Å². The molecular weight excluding hydrogens is 349 g/mol. The van der Waals surface area contributed by atoms with Crippen molar-refractivity contribution >= 4 is 5.96 Å². The molecule has 1 aromatic rings. The molecule has 1 fully saturated rings. The molecule has 1 aliphatic carbocycles. The van der Waals surface area contributed by atoms with Crippen molar-refractivity contribution in [2.24, 2.45) is 10.7 Å². The molecule has 0 amide bonds. The second-order valence-corrected chi connectivity index (χ2v) is 6.08. The number of rotatable bonds is 10. The molecule has 0 spiro atoms. The summed E-state index contributed by atoms with van der Waals surface area (Å²) in [6.07, 6.45) is -2.24. The Bertz CT molecular complexity index is 574. The van der Waals surface area contributed by atoms with Crippen molar-refractivity contribution in [3.05, 3.63) is 29.8 Å². The highest BCUT2D eigenvalue weighted by atomic mass is 19.4. The minimum atomic E-state index is -4.69. The molecule has 2 rings (SSSR count). The molecule has 9 heteroatoms. The third kappa shape index (κ3) is 7.92. The highest BCUT2D eigenvalue weighted by Gasteiger charge is 2.31. The summed E-state index contributed by atoms with van der Waals surface area (Å²) in [6.45, 7) is 3.41. The molecule has 0 bridgehead atoms. The van der Waals surface area contributed by atoms with E-state index in [1.54, 1.807) is 7.11 Å². The van der Waals surface area contributed by atoms with Gasteiger partial charge in [0, 0.05) is 32.8 Å². The maximum atomic E-state index is 12.1. The molecule has 3 N–H and O–H groups in total. The van der Waals surface area contributed by atoms with Crippen LogP contribution in [0.5, 0.6) is 5.75 Å². The molecule has 0 aliphatic heterocycles. The second-order valence-electron chi connectivity index (χ2n) is 6.08. The van der Waals surface area contributed by atoms with Crippen molar-refractivity contribution in [2.75, 3.05) is 33.4 Å². The third-order valence-electron chi connectivity index (χ3n) is 3.94. The number of alkyl halides is 3. The van der Waals surface area contributed by atoms with E-state index in [-0.39, 0.29) is 12.3 Å². The predicted molar refractivity (Wildman–Crippen MR) is 92.9 cm³/mol. The fraction of sp³-hybridized carbons (Fsp3) is 0.588. The summed E-state index contributed by atoms with van der Waals surface area (Å²) in [5.41, 5.74) is 6.57. The van der Waals surface area contributed by atoms with E-state index in [4.69, 9.17) is 10.5 Å². The lowest BCUT2D eigenvalue weighted by molar-refractivity contribution is -0.274. The Labute approximate surface area is 151 Å². The number of methoxy groups -OCH3 is 1. The number of nitrogens with zero attached hydrogens (tertiary/aromatic N) is 2. The molecule has 26 heavy (non-hydrogen) atoms. The monoisotopic (exact) mass is 374 g/mol. The molecule has 1 aliphatic rings. The van der Waals surface area contributed by atoms with Crippen LogP contribution in [0.25, 0.3) is 0 Å². The van der Waals surface area contributed by atoms with Crippen molar-refractivity contribution in [1.29, 1.82) is 0 Å². The number of nitrogens with two attached hydrogens (primary N) is 1. The Morgan fingerprint density at radius 1 is 1.27 bits per heavy atom. The van der Waals surface area contributed by atoms with Gasteiger partial charge in [-0.3, -0.25) is 4.90 Å². The molecule has 0 saturated heterocycles. The smallest absolute Gasteiger partial charge is 0.406 e. The first-order valence-electron chi connectivity index (χ1n) is 8.49. The molecule has 6 nitrogen and oxygen atoms in total. The topological polar surface area (TPSA) is 72.1 Å². The van der Waals surface area contributed by atoms with Gasteiger partial charge in [0.25, 0.3) is 0 Å². The number of ether oxygens (including phenoxy) is 2. The van der Waals surface area contributed by atoms with Gasteiger partial charge in [-0.15, -0.1) is 13.2 Å². The summed E-state index contributed by atoms with van der Waals surface area (Å²) in [7, 11) is 1.69. The first kappa shape index (κ1) is 20.3. The average molecular weight is 374 g/mol. The van der Waals surface area contributed by atoms with Crippen molar-refractivity contribution in [2.45, 2.75) is 31.8 Å². The maximum absolute atomic E-state index is 12.1. The molecule has 146 valence electrons. The molecule has 0 atom stereocenters. The van der Waals surface area contributed by atoms with Gasteiger partial charge in [-0.25, -0.2) is 4.99 Å². The average Bonchev–Trinajstić information content (AvgIpc) is 3.41. The number of nitrogens with one attached hydrogen (secondary N) is 1. The van der Waals surface area contributed by atoms with Gasteiger partial charge in [-0.05, 0) is 30.5 Å². The van der Waals surface area contributed by atoms with Gasteiger partial charge < -0.3 is 20.5 Å². The number of aliphatic imine (C=N–C) groups is 1. The lowest BCUT2D eigenvalue weighted by Gasteiger charge is -2.21. The van der Waals surface area contributed by atoms with Crippen LogP contribution in [0, 0.1) is 0 Å². The van der Waals surface area contributed by atoms with E-state index in [9.17, 15) is 13.2 Å². The summed E-state index contributed by atoms with van der Waals surface area (Å²) in [5, 5.41) is 3.06. The summed E-state index contributed by atoms with van der Waals surface area (Å²) >= 11 is 0. The molecule has 1 aromatic carbocycles. The number of benzene rings is 1. The zero-order valence-electron chi connectivity index (χ0n) is 14.8. The summed E-state index contributed by atoms with van der Waals surface area (Å²) in [6, 6.07) is 6.20. The van der Waals surface area contributed by atoms with Crippen molar-refractivity contribution in [1.82, 2.24) is 10.2 Å². The highest BCUT2D eigenvalue weighted by Crippen LogP contribution is 2.26. The number of hydrogen-bond acceptors (Lipinski definition) is 4. The van der Waals surface area contributed by atoms with E-state index < -0.39 is 6.36 Å². The second kappa shape index (κ2) is 9.63. The molecule has 1 saturated carbocycles. The number of guanidine groups is 1. The van der Waals surface area contributed by atoms with Gasteiger partial charge in [0.2, 0.25) is 0 Å². The van der Waals surface area contributed by atoms with E-state index >= 15 is 0 Å². The molecular formula is C17H25F3N4O2. The Balaban J connectivity index is 1.72. The summed E-state index contributed by atoms with van der Waals surface area (Å²) in [5.74, 6) is 0.0515. The maximum Gasteiger partial charge on any atom is 0.573 e. The fourth-order valence-corrected chi connectivity index (χ4v) is 2.48. The van der Waals surface area contributed by atoms with E-state index in [0.717, 1.165) is 18.7 Å². The normalized spacial score (nSPS) is 15.3. The van der Waals surface area contributed by atoms with Gasteiger partial charge >= 0.3 is 6.36 Å². The Morgan fingerprint density at radius 3 is 2.54 bits per heavy atom. The fourth-order valence-electron chi connectivity index (χ4n) is 2.48. The van der Waals surface area contributed by atoms with Crippen LogP contribution in [-0.2, 0) is 11.3 Å². The highest BCUT2D eigenvalue weighted by molar-refractivity contribution is 5.77. The van der Waals surface area contributed by atoms with Crippen molar-refractivity contribution in [3.63, 3.8) is 0 Å². The van der Waals surface area contributed by atoms with Crippen LogP contribution >= 0.6 is 0 Å². The van der Waals surface area contributed by atoms with Crippen LogP contribution < -0.4 is 15.8 Å². The van der Waals surface area contributed by atoms with E-state index in [1.165, 1.54) is 37.1 Å². The molecule has 0 unspecified atom stereocenters.